The van der Waals surface area contributed by atoms with Crippen LogP contribution in [-0.2, 0) is 0 Å². The molecule has 2 nitrogen and oxygen atoms in total. The van der Waals surface area contributed by atoms with Gasteiger partial charge in [-0.1, -0.05) is 6.92 Å². The number of nitrogens with one attached hydrogen (secondary N) is 1. The molecule has 1 aromatic heterocycles. The molecule has 0 amide bonds. The fourth-order valence-corrected chi connectivity index (χ4v) is 2.02. The summed E-state index contributed by atoms with van der Waals surface area (Å²) in [6.07, 6.45) is 4.84. The summed E-state index contributed by atoms with van der Waals surface area (Å²) >= 11 is 1.99. The lowest BCUT2D eigenvalue weighted by molar-refractivity contribution is 0.771. The summed E-state index contributed by atoms with van der Waals surface area (Å²) in [7, 11) is 0. The highest BCUT2D eigenvalue weighted by Gasteiger charge is 2.00. The number of anilines is 1. The third-order valence-electron chi connectivity index (χ3n) is 1.99. The highest BCUT2D eigenvalue weighted by molar-refractivity contribution is 7.99. The molecule has 0 saturated carbocycles. The molecule has 0 aliphatic heterocycles. The second-order valence-corrected chi connectivity index (χ2v) is 4.66. The van der Waals surface area contributed by atoms with Gasteiger partial charge in [0.15, 0.2) is 0 Å². The Kier molecular flexibility index (Phi) is 5.45. The van der Waals surface area contributed by atoms with Crippen LogP contribution in [0.2, 0.25) is 0 Å². The third kappa shape index (κ3) is 4.51. The van der Waals surface area contributed by atoms with E-state index in [-0.39, 0.29) is 0 Å². The fourth-order valence-electron chi connectivity index (χ4n) is 1.21. The molecule has 0 bridgehead atoms. The van der Waals surface area contributed by atoms with Crippen molar-refractivity contribution in [3.63, 3.8) is 0 Å². The molecule has 0 aliphatic carbocycles. The van der Waals surface area contributed by atoms with Gasteiger partial charge in [-0.15, -0.1) is 0 Å². The van der Waals surface area contributed by atoms with Crippen molar-refractivity contribution in [1.82, 2.24) is 4.98 Å². The SMILES string of the molecule is CCSCCC(C)Nc1ccncc1. The Hall–Kier alpha value is -0.700. The Morgan fingerprint density at radius 2 is 2.14 bits per heavy atom. The van der Waals surface area contributed by atoms with Crippen LogP contribution in [0.4, 0.5) is 5.69 Å². The maximum atomic E-state index is 3.98. The zero-order valence-electron chi connectivity index (χ0n) is 8.86. The van der Waals surface area contributed by atoms with Gasteiger partial charge < -0.3 is 5.32 Å². The highest BCUT2D eigenvalue weighted by Crippen LogP contribution is 2.10. The van der Waals surface area contributed by atoms with Gasteiger partial charge in [0, 0.05) is 24.1 Å². The number of hydrogen-bond acceptors (Lipinski definition) is 3. The Bertz CT molecular complexity index is 238. The van der Waals surface area contributed by atoms with Crippen LogP contribution in [0.25, 0.3) is 0 Å². The Balaban J connectivity index is 2.23. The first-order chi connectivity index (χ1) is 6.83. The van der Waals surface area contributed by atoms with Crippen molar-refractivity contribution in [3.8, 4) is 0 Å². The number of pyridine rings is 1. The second kappa shape index (κ2) is 6.71. The van der Waals surface area contributed by atoms with Crippen LogP contribution in [0.3, 0.4) is 0 Å². The lowest BCUT2D eigenvalue weighted by atomic mass is 10.2. The van der Waals surface area contributed by atoms with Gasteiger partial charge in [0.05, 0.1) is 0 Å². The van der Waals surface area contributed by atoms with Crippen LogP contribution >= 0.6 is 11.8 Å². The number of aromatic nitrogens is 1. The summed E-state index contributed by atoms with van der Waals surface area (Å²) in [5, 5.41) is 3.45. The number of rotatable bonds is 6. The van der Waals surface area contributed by atoms with E-state index in [0.717, 1.165) is 5.69 Å². The van der Waals surface area contributed by atoms with Gasteiger partial charge in [0.25, 0.3) is 0 Å². The maximum Gasteiger partial charge on any atom is 0.0373 e. The summed E-state index contributed by atoms with van der Waals surface area (Å²) < 4.78 is 0. The Morgan fingerprint density at radius 1 is 1.43 bits per heavy atom. The average molecular weight is 210 g/mol. The largest absolute Gasteiger partial charge is 0.382 e. The zero-order valence-corrected chi connectivity index (χ0v) is 9.68. The lowest BCUT2D eigenvalue weighted by Crippen LogP contribution is -2.15. The molecule has 1 N–H and O–H groups in total. The van der Waals surface area contributed by atoms with Crippen molar-refractivity contribution < 1.29 is 0 Å². The van der Waals surface area contributed by atoms with Gasteiger partial charge in [-0.3, -0.25) is 4.98 Å². The molecular weight excluding hydrogens is 192 g/mol. The number of thioether (sulfide) groups is 1. The van der Waals surface area contributed by atoms with Gasteiger partial charge in [0.2, 0.25) is 0 Å². The topological polar surface area (TPSA) is 24.9 Å². The van der Waals surface area contributed by atoms with Crippen molar-refractivity contribution in [2.75, 3.05) is 16.8 Å². The van der Waals surface area contributed by atoms with Crippen LogP contribution < -0.4 is 5.32 Å². The summed E-state index contributed by atoms with van der Waals surface area (Å²) in [5.41, 5.74) is 1.16. The van der Waals surface area contributed by atoms with Gasteiger partial charge in [-0.05, 0) is 37.0 Å². The smallest absolute Gasteiger partial charge is 0.0373 e. The molecule has 1 atom stereocenters. The van der Waals surface area contributed by atoms with E-state index >= 15 is 0 Å². The van der Waals surface area contributed by atoms with E-state index in [0.29, 0.717) is 6.04 Å². The predicted molar refractivity (Wildman–Crippen MR) is 64.9 cm³/mol. The van der Waals surface area contributed by atoms with E-state index in [9.17, 15) is 0 Å². The van der Waals surface area contributed by atoms with E-state index in [1.165, 1.54) is 17.9 Å². The Labute approximate surface area is 90.5 Å². The van der Waals surface area contributed by atoms with Crippen LogP contribution in [0.5, 0.6) is 0 Å². The summed E-state index contributed by atoms with van der Waals surface area (Å²) in [4.78, 5) is 3.98. The minimum atomic E-state index is 0.538. The average Bonchev–Trinajstić information content (AvgIpc) is 2.20. The number of hydrogen-bond donors (Lipinski definition) is 1. The van der Waals surface area contributed by atoms with E-state index in [1.54, 1.807) is 0 Å². The molecule has 1 heterocycles. The van der Waals surface area contributed by atoms with Crippen LogP contribution in [0, 0.1) is 0 Å². The molecule has 0 aliphatic rings. The fraction of sp³-hybridized carbons (Fsp3) is 0.545. The molecule has 0 aromatic carbocycles. The number of nitrogens with zero attached hydrogens (tertiary/aromatic N) is 1. The molecular formula is C11H18N2S. The van der Waals surface area contributed by atoms with Gasteiger partial charge >= 0.3 is 0 Å². The van der Waals surface area contributed by atoms with Gasteiger partial charge in [-0.25, -0.2) is 0 Å². The molecule has 1 rings (SSSR count). The van der Waals surface area contributed by atoms with Crippen molar-refractivity contribution in [2.24, 2.45) is 0 Å². The van der Waals surface area contributed by atoms with Crippen LogP contribution in [-0.4, -0.2) is 22.5 Å². The van der Waals surface area contributed by atoms with Crippen molar-refractivity contribution in [1.29, 1.82) is 0 Å². The van der Waals surface area contributed by atoms with E-state index < -0.39 is 0 Å². The molecule has 0 spiro atoms. The standard InChI is InChI=1S/C11H18N2S/c1-3-14-9-6-10(2)13-11-4-7-12-8-5-11/h4-5,7-8,10H,3,6,9H2,1-2H3,(H,12,13). The monoisotopic (exact) mass is 210 g/mol. The normalized spacial score (nSPS) is 12.4. The minimum Gasteiger partial charge on any atom is -0.382 e. The first kappa shape index (κ1) is 11.4. The molecule has 14 heavy (non-hydrogen) atoms. The van der Waals surface area contributed by atoms with E-state index in [4.69, 9.17) is 0 Å². The van der Waals surface area contributed by atoms with Crippen molar-refractivity contribution >= 4 is 17.4 Å². The highest BCUT2D eigenvalue weighted by atomic mass is 32.2. The molecule has 0 radical (unpaired) electrons. The molecule has 3 heteroatoms. The summed E-state index contributed by atoms with van der Waals surface area (Å²) in [6, 6.07) is 4.55. The van der Waals surface area contributed by atoms with Crippen LogP contribution in [0.1, 0.15) is 20.3 Å². The minimum absolute atomic E-state index is 0.538. The van der Waals surface area contributed by atoms with Gasteiger partial charge in [-0.2, -0.15) is 11.8 Å². The van der Waals surface area contributed by atoms with Crippen molar-refractivity contribution in [3.05, 3.63) is 24.5 Å². The lowest BCUT2D eigenvalue weighted by Gasteiger charge is -2.14. The molecule has 1 unspecified atom stereocenters. The first-order valence-corrected chi connectivity index (χ1v) is 6.22. The summed E-state index contributed by atoms with van der Waals surface area (Å²) in [5.74, 6) is 2.44. The van der Waals surface area contributed by atoms with E-state index in [1.807, 2.05) is 36.3 Å². The van der Waals surface area contributed by atoms with Crippen LogP contribution in [0.15, 0.2) is 24.5 Å². The predicted octanol–water partition coefficient (Wildman–Crippen LogP) is 3.03. The molecule has 0 saturated heterocycles. The van der Waals surface area contributed by atoms with Crippen molar-refractivity contribution in [2.45, 2.75) is 26.3 Å². The Morgan fingerprint density at radius 3 is 2.79 bits per heavy atom. The van der Waals surface area contributed by atoms with Gasteiger partial charge in [0.1, 0.15) is 0 Å². The first-order valence-electron chi connectivity index (χ1n) is 5.07. The summed E-state index contributed by atoms with van der Waals surface area (Å²) in [6.45, 7) is 4.42. The molecule has 78 valence electrons. The molecule has 0 fully saturated rings. The maximum absolute atomic E-state index is 3.98. The zero-order chi connectivity index (χ0) is 10.2. The quantitative estimate of drug-likeness (QED) is 0.731. The molecule has 1 aromatic rings. The third-order valence-corrected chi connectivity index (χ3v) is 2.93. The second-order valence-electron chi connectivity index (χ2n) is 3.27. The van der Waals surface area contributed by atoms with E-state index in [2.05, 4.69) is 24.1 Å².